The Balaban J connectivity index is 4.44. The first kappa shape index (κ1) is 78.0. The number of rotatable bonds is 60. The molecular formula is C77H124O6. The van der Waals surface area contributed by atoms with Gasteiger partial charge in [0.15, 0.2) is 6.10 Å². The molecule has 0 aliphatic rings. The SMILES string of the molecule is CC/C=C\C/C=C\C/C=C\C/C=C\C/C=C\CCCCCCCCCC(=O)OC(COC(=O)CCCCCC/C=C\C/C=C\C/C=C\C/C=C\CC)COC(=O)CCCCCCCCCCCCCC/C=C\C/C=C\C/C=C\C/C=C\CC. The van der Waals surface area contributed by atoms with Gasteiger partial charge in [0, 0.05) is 19.3 Å². The monoisotopic (exact) mass is 1140 g/mol. The molecule has 0 heterocycles. The van der Waals surface area contributed by atoms with E-state index >= 15 is 0 Å². The Hall–Kier alpha value is -4.97. The van der Waals surface area contributed by atoms with Gasteiger partial charge in [-0.1, -0.05) is 288 Å². The van der Waals surface area contributed by atoms with Crippen molar-refractivity contribution in [2.75, 3.05) is 13.2 Å². The average Bonchev–Trinajstić information content (AvgIpc) is 3.49. The molecule has 0 spiro atoms. The number of esters is 3. The Bertz CT molecular complexity index is 1840. The number of hydrogen-bond acceptors (Lipinski definition) is 6. The van der Waals surface area contributed by atoms with Crippen molar-refractivity contribution in [1.82, 2.24) is 0 Å². The van der Waals surface area contributed by atoms with Gasteiger partial charge in [0.2, 0.25) is 0 Å². The summed E-state index contributed by atoms with van der Waals surface area (Å²) >= 11 is 0. The largest absolute Gasteiger partial charge is 0.462 e. The van der Waals surface area contributed by atoms with Crippen molar-refractivity contribution in [2.24, 2.45) is 0 Å². The number of carbonyl (C=O) groups is 3. The minimum Gasteiger partial charge on any atom is -0.462 e. The normalized spacial score (nSPS) is 13.1. The molecule has 6 nitrogen and oxygen atoms in total. The van der Waals surface area contributed by atoms with Crippen molar-refractivity contribution >= 4 is 17.9 Å². The van der Waals surface area contributed by atoms with E-state index in [1.165, 1.54) is 83.5 Å². The maximum absolute atomic E-state index is 13.0. The molecule has 0 aliphatic heterocycles. The second-order valence-electron chi connectivity index (χ2n) is 21.9. The highest BCUT2D eigenvalue weighted by Crippen LogP contribution is 2.16. The second kappa shape index (κ2) is 69.5. The fourth-order valence-electron chi connectivity index (χ4n) is 9.04. The van der Waals surface area contributed by atoms with Gasteiger partial charge in [-0.3, -0.25) is 14.4 Å². The van der Waals surface area contributed by atoms with Crippen LogP contribution in [-0.4, -0.2) is 37.2 Å². The van der Waals surface area contributed by atoms with Crippen LogP contribution in [0.2, 0.25) is 0 Å². The summed E-state index contributed by atoms with van der Waals surface area (Å²) in [6, 6.07) is 0. The molecule has 0 aliphatic carbocycles. The predicted octanol–water partition coefficient (Wildman–Crippen LogP) is 23.7. The first-order chi connectivity index (χ1) is 41.0. The lowest BCUT2D eigenvalue weighted by molar-refractivity contribution is -0.167. The molecule has 0 aromatic carbocycles. The summed E-state index contributed by atoms with van der Waals surface area (Å²) in [5.74, 6) is -0.932. The molecule has 6 heteroatoms. The quantitative estimate of drug-likeness (QED) is 0.0261. The molecule has 0 rings (SSSR count). The van der Waals surface area contributed by atoms with Crippen LogP contribution in [0.4, 0.5) is 0 Å². The molecule has 83 heavy (non-hydrogen) atoms. The minimum absolute atomic E-state index is 0.0972. The third-order valence-electron chi connectivity index (χ3n) is 14.0. The highest BCUT2D eigenvalue weighted by atomic mass is 16.6. The molecule has 0 N–H and O–H groups in total. The number of carbonyl (C=O) groups excluding carboxylic acids is 3. The summed E-state index contributed by atoms with van der Waals surface area (Å²) < 4.78 is 17.0. The van der Waals surface area contributed by atoms with Crippen molar-refractivity contribution < 1.29 is 28.6 Å². The highest BCUT2D eigenvalue weighted by molar-refractivity contribution is 5.71. The molecular weight excluding hydrogens is 1020 g/mol. The summed E-state index contributed by atoms with van der Waals surface area (Å²) in [5, 5.41) is 0. The van der Waals surface area contributed by atoms with Gasteiger partial charge in [-0.05, 0) is 141 Å². The van der Waals surface area contributed by atoms with Crippen molar-refractivity contribution in [3.63, 3.8) is 0 Å². The lowest BCUT2D eigenvalue weighted by Crippen LogP contribution is -2.30. The number of hydrogen-bond donors (Lipinski definition) is 0. The van der Waals surface area contributed by atoms with Crippen LogP contribution in [0, 0.1) is 0 Å². The van der Waals surface area contributed by atoms with Crippen LogP contribution in [0.3, 0.4) is 0 Å². The zero-order valence-corrected chi connectivity index (χ0v) is 53.7. The maximum Gasteiger partial charge on any atom is 0.306 e. The fourth-order valence-corrected chi connectivity index (χ4v) is 9.04. The fraction of sp³-hybridized carbons (Fsp3) is 0.623. The van der Waals surface area contributed by atoms with E-state index in [1.807, 2.05) is 0 Å². The van der Waals surface area contributed by atoms with Gasteiger partial charge in [-0.2, -0.15) is 0 Å². The van der Waals surface area contributed by atoms with Crippen molar-refractivity contribution in [3.8, 4) is 0 Å². The van der Waals surface area contributed by atoms with Gasteiger partial charge >= 0.3 is 17.9 Å². The van der Waals surface area contributed by atoms with E-state index in [9.17, 15) is 14.4 Å². The van der Waals surface area contributed by atoms with Crippen LogP contribution in [0.1, 0.15) is 290 Å². The van der Waals surface area contributed by atoms with Gasteiger partial charge in [0.1, 0.15) is 13.2 Å². The maximum atomic E-state index is 13.0. The van der Waals surface area contributed by atoms with Crippen molar-refractivity contribution in [3.05, 3.63) is 158 Å². The number of allylic oxidation sites excluding steroid dienone is 26. The molecule has 0 aromatic rings. The van der Waals surface area contributed by atoms with Gasteiger partial charge in [-0.25, -0.2) is 0 Å². The highest BCUT2D eigenvalue weighted by Gasteiger charge is 2.19. The molecule has 468 valence electrons. The van der Waals surface area contributed by atoms with Crippen molar-refractivity contribution in [1.29, 1.82) is 0 Å². The van der Waals surface area contributed by atoms with Crippen LogP contribution < -0.4 is 0 Å². The second-order valence-corrected chi connectivity index (χ2v) is 21.9. The third-order valence-corrected chi connectivity index (χ3v) is 14.0. The molecule has 0 bridgehead atoms. The van der Waals surface area contributed by atoms with E-state index in [1.54, 1.807) is 0 Å². The van der Waals surface area contributed by atoms with E-state index in [0.29, 0.717) is 19.3 Å². The summed E-state index contributed by atoms with van der Waals surface area (Å²) in [4.78, 5) is 38.5. The molecule has 0 amide bonds. The third kappa shape index (κ3) is 67.7. The Kier molecular flexibility index (Phi) is 65.4. The zero-order valence-electron chi connectivity index (χ0n) is 53.7. The Morgan fingerprint density at radius 2 is 0.434 bits per heavy atom. The van der Waals surface area contributed by atoms with Crippen molar-refractivity contribution in [2.45, 2.75) is 297 Å². The molecule has 1 atom stereocenters. The summed E-state index contributed by atoms with van der Waals surface area (Å²) in [5.41, 5.74) is 0. The topological polar surface area (TPSA) is 78.9 Å². The summed E-state index contributed by atoms with van der Waals surface area (Å²) in [7, 11) is 0. The molecule has 0 radical (unpaired) electrons. The summed E-state index contributed by atoms with van der Waals surface area (Å²) in [6.45, 7) is 6.28. The van der Waals surface area contributed by atoms with Gasteiger partial charge in [0.25, 0.3) is 0 Å². The predicted molar refractivity (Wildman–Crippen MR) is 362 cm³/mol. The standard InChI is InChI=1S/C77H124O6/c1-4-7-10-13-16-19-22-25-28-31-33-35-37-38-40-41-43-46-49-52-55-58-61-64-67-70-76(79)82-73-74(72-81-75(78)69-66-63-60-57-54-51-48-45-30-27-24-21-18-15-12-9-6-3)83-77(80)71-68-65-62-59-56-53-50-47-44-42-39-36-34-32-29-26-23-20-17-14-11-8-5-2/h7-12,16-21,25-30,33-36,42,44,48,51,74H,4-6,13-15,22-24,31-32,37-41,43,45-47,49-50,52-73H2,1-3H3/b10-7-,11-8-,12-9-,19-16-,20-17-,21-18-,28-25-,29-26-,30-27-,35-33-,36-34-,44-42-,51-48-. The van der Waals surface area contributed by atoms with Crippen LogP contribution in [0.15, 0.2) is 158 Å². The van der Waals surface area contributed by atoms with Gasteiger partial charge in [0.05, 0.1) is 0 Å². The number of ether oxygens (including phenoxy) is 3. The Labute approximate surface area is 511 Å². The van der Waals surface area contributed by atoms with E-state index in [0.717, 1.165) is 167 Å². The Morgan fingerprint density at radius 1 is 0.241 bits per heavy atom. The average molecular weight is 1150 g/mol. The minimum atomic E-state index is -0.805. The zero-order chi connectivity index (χ0) is 59.9. The lowest BCUT2D eigenvalue weighted by atomic mass is 10.0. The summed E-state index contributed by atoms with van der Waals surface area (Å²) in [6.07, 6.45) is 101. The molecule has 0 aromatic heterocycles. The van der Waals surface area contributed by atoms with Gasteiger partial charge < -0.3 is 14.2 Å². The molecule has 1 unspecified atom stereocenters. The lowest BCUT2D eigenvalue weighted by Gasteiger charge is -2.18. The molecule has 0 saturated carbocycles. The first-order valence-electron chi connectivity index (χ1n) is 34.0. The van der Waals surface area contributed by atoms with Crippen LogP contribution in [0.25, 0.3) is 0 Å². The van der Waals surface area contributed by atoms with Crippen LogP contribution >= 0.6 is 0 Å². The van der Waals surface area contributed by atoms with Crippen LogP contribution in [0.5, 0.6) is 0 Å². The Morgan fingerprint density at radius 3 is 0.675 bits per heavy atom. The molecule has 0 saturated heterocycles. The number of unbranched alkanes of at least 4 members (excludes halogenated alkanes) is 23. The first-order valence-corrected chi connectivity index (χ1v) is 34.0. The van der Waals surface area contributed by atoms with E-state index < -0.39 is 6.10 Å². The molecule has 0 fully saturated rings. The van der Waals surface area contributed by atoms with E-state index in [2.05, 4.69) is 179 Å². The smallest absolute Gasteiger partial charge is 0.306 e. The van der Waals surface area contributed by atoms with E-state index in [-0.39, 0.29) is 31.1 Å². The van der Waals surface area contributed by atoms with E-state index in [4.69, 9.17) is 14.2 Å². The van der Waals surface area contributed by atoms with Crippen LogP contribution in [-0.2, 0) is 28.6 Å². The van der Waals surface area contributed by atoms with Gasteiger partial charge in [-0.15, -0.1) is 0 Å².